The molecule has 3 aromatic carbocycles. The number of nitrogens with two attached hydrogens (primary N) is 1. The highest BCUT2D eigenvalue weighted by Crippen LogP contribution is 2.28. The minimum atomic E-state index is -0.951. The highest BCUT2D eigenvalue weighted by atomic mass is 16.4. The molecule has 7 heteroatoms. The molecule has 0 radical (unpaired) electrons. The van der Waals surface area contributed by atoms with Crippen LogP contribution in [0.2, 0.25) is 0 Å². The molecule has 1 aliphatic rings. The third-order valence-corrected chi connectivity index (χ3v) is 7.38. The Labute approximate surface area is 228 Å². The average molecular weight is 523 g/mol. The molecule has 0 bridgehead atoms. The number of carboxylic acids is 1. The van der Waals surface area contributed by atoms with Gasteiger partial charge < -0.3 is 20.7 Å². The van der Waals surface area contributed by atoms with E-state index in [0.29, 0.717) is 28.9 Å². The van der Waals surface area contributed by atoms with E-state index in [1.807, 2.05) is 48.5 Å². The van der Waals surface area contributed by atoms with Crippen molar-refractivity contribution in [3.63, 3.8) is 0 Å². The first-order chi connectivity index (χ1) is 18.9. The van der Waals surface area contributed by atoms with Crippen molar-refractivity contribution in [1.82, 2.24) is 14.9 Å². The summed E-state index contributed by atoms with van der Waals surface area (Å²) < 4.78 is 2.08. The number of benzene rings is 3. The van der Waals surface area contributed by atoms with Crippen LogP contribution in [0.5, 0.6) is 0 Å². The minimum Gasteiger partial charge on any atom is -0.478 e. The summed E-state index contributed by atoms with van der Waals surface area (Å²) in [5, 5.41) is 12.8. The average Bonchev–Trinajstić information content (AvgIpc) is 3.30. The number of imidazole rings is 1. The second-order valence-electron chi connectivity index (χ2n) is 10.2. The minimum absolute atomic E-state index is 0.102. The second kappa shape index (κ2) is 11.6. The van der Waals surface area contributed by atoms with E-state index < -0.39 is 5.97 Å². The van der Waals surface area contributed by atoms with Gasteiger partial charge in [0.15, 0.2) is 0 Å². The Kier molecular flexibility index (Phi) is 7.77. The number of carbonyl (C=O) groups is 2. The molecule has 0 saturated heterocycles. The van der Waals surface area contributed by atoms with Crippen molar-refractivity contribution < 1.29 is 14.7 Å². The summed E-state index contributed by atoms with van der Waals surface area (Å²) in [5.74, 6) is -0.285. The predicted octanol–water partition coefficient (Wildman–Crippen LogP) is 6.52. The van der Waals surface area contributed by atoms with Crippen LogP contribution in [0.4, 0.5) is 5.69 Å². The van der Waals surface area contributed by atoms with E-state index in [2.05, 4.69) is 22.9 Å². The topological polar surface area (TPSA) is 110 Å². The monoisotopic (exact) mass is 522 g/mol. The summed E-state index contributed by atoms with van der Waals surface area (Å²) in [5.41, 5.74) is 11.7. The standard InChI is InChI=1S/C32H34N4O3/c1-2-3-13-29-35-30-27(33)18-23(31(37)34-24-9-5-4-6-10-24)19-28(30)36(29)20-21-14-16-22(17-15-21)25-11-7-8-12-26(25)32(38)39/h3,7-8,11-19,24H,2,4-6,9-10,20,33H2,1H3,(H,34,37)(H,38,39). The molecule has 0 atom stereocenters. The Balaban J connectivity index is 1.49. The first-order valence-corrected chi connectivity index (χ1v) is 13.6. The van der Waals surface area contributed by atoms with Gasteiger partial charge in [-0.15, -0.1) is 0 Å². The van der Waals surface area contributed by atoms with E-state index in [1.165, 1.54) is 6.42 Å². The Bertz CT molecular complexity index is 1530. The van der Waals surface area contributed by atoms with Crippen LogP contribution in [0.1, 0.15) is 77.6 Å². The van der Waals surface area contributed by atoms with Crippen LogP contribution >= 0.6 is 0 Å². The number of aromatic nitrogens is 2. The molecule has 0 unspecified atom stereocenters. The Morgan fingerprint density at radius 3 is 2.54 bits per heavy atom. The van der Waals surface area contributed by atoms with Gasteiger partial charge in [0.25, 0.3) is 5.91 Å². The lowest BCUT2D eigenvalue weighted by Crippen LogP contribution is -2.36. The number of aromatic carboxylic acids is 1. The van der Waals surface area contributed by atoms with Gasteiger partial charge in [0.1, 0.15) is 11.3 Å². The smallest absolute Gasteiger partial charge is 0.336 e. The molecule has 1 saturated carbocycles. The van der Waals surface area contributed by atoms with Crippen LogP contribution in [-0.2, 0) is 6.54 Å². The molecule has 1 amide bonds. The fourth-order valence-electron chi connectivity index (χ4n) is 5.32. The summed E-state index contributed by atoms with van der Waals surface area (Å²) in [6.45, 7) is 2.59. The number of carbonyl (C=O) groups excluding carboxylic acids is 1. The van der Waals surface area contributed by atoms with Gasteiger partial charge in [-0.25, -0.2) is 9.78 Å². The number of carboxylic acid groups (broad SMARTS) is 1. The summed E-state index contributed by atoms with van der Waals surface area (Å²) in [4.78, 5) is 29.6. The SMILES string of the molecule is CCC=Cc1nc2c(N)cc(C(=O)NC3CCCCC3)cc2n1Cc1ccc(-c2ccccc2C(=O)O)cc1. The largest absolute Gasteiger partial charge is 0.478 e. The van der Waals surface area contributed by atoms with Gasteiger partial charge in [0, 0.05) is 18.2 Å². The number of anilines is 1. The molecular weight excluding hydrogens is 488 g/mol. The van der Waals surface area contributed by atoms with Crippen molar-refractivity contribution in [1.29, 1.82) is 0 Å². The normalized spacial score (nSPS) is 14.2. The lowest BCUT2D eigenvalue weighted by atomic mass is 9.95. The first kappa shape index (κ1) is 26.2. The van der Waals surface area contributed by atoms with Crippen LogP contribution in [0.3, 0.4) is 0 Å². The molecule has 0 aliphatic heterocycles. The molecule has 5 rings (SSSR count). The van der Waals surface area contributed by atoms with Crippen LogP contribution in [0.15, 0.2) is 66.7 Å². The molecular formula is C32H34N4O3. The van der Waals surface area contributed by atoms with E-state index in [4.69, 9.17) is 10.7 Å². The molecule has 39 heavy (non-hydrogen) atoms. The number of nitrogen functional groups attached to an aromatic ring is 1. The number of amides is 1. The Hall–Kier alpha value is -4.39. The molecule has 200 valence electrons. The zero-order chi connectivity index (χ0) is 27.4. The van der Waals surface area contributed by atoms with Gasteiger partial charge in [-0.2, -0.15) is 0 Å². The van der Waals surface area contributed by atoms with Crippen molar-refractivity contribution in [3.8, 4) is 11.1 Å². The molecule has 1 fully saturated rings. The van der Waals surface area contributed by atoms with E-state index >= 15 is 0 Å². The van der Waals surface area contributed by atoms with Gasteiger partial charge in [0.05, 0.1) is 16.8 Å². The van der Waals surface area contributed by atoms with Crippen molar-refractivity contribution in [2.45, 2.75) is 58.0 Å². The molecule has 1 aliphatic carbocycles. The van der Waals surface area contributed by atoms with E-state index in [9.17, 15) is 14.7 Å². The van der Waals surface area contributed by atoms with Crippen molar-refractivity contribution in [2.24, 2.45) is 0 Å². The molecule has 7 nitrogen and oxygen atoms in total. The van der Waals surface area contributed by atoms with Gasteiger partial charge in [0.2, 0.25) is 0 Å². The van der Waals surface area contributed by atoms with Crippen LogP contribution in [0.25, 0.3) is 28.2 Å². The third-order valence-electron chi connectivity index (χ3n) is 7.38. The number of nitrogens with one attached hydrogen (secondary N) is 1. The van der Waals surface area contributed by atoms with E-state index in [1.54, 1.807) is 18.2 Å². The molecule has 1 heterocycles. The van der Waals surface area contributed by atoms with Crippen molar-refractivity contribution in [3.05, 3.63) is 89.3 Å². The van der Waals surface area contributed by atoms with Gasteiger partial charge >= 0.3 is 5.97 Å². The van der Waals surface area contributed by atoms with Crippen LogP contribution in [-0.4, -0.2) is 32.6 Å². The fourth-order valence-corrected chi connectivity index (χ4v) is 5.32. The number of nitrogens with zero attached hydrogens (tertiary/aromatic N) is 2. The van der Waals surface area contributed by atoms with Gasteiger partial charge in [-0.3, -0.25) is 4.79 Å². The zero-order valence-corrected chi connectivity index (χ0v) is 22.2. The molecule has 1 aromatic heterocycles. The summed E-state index contributed by atoms with van der Waals surface area (Å²) in [6, 6.07) is 18.7. The van der Waals surface area contributed by atoms with E-state index in [-0.39, 0.29) is 17.5 Å². The maximum absolute atomic E-state index is 13.2. The van der Waals surface area contributed by atoms with Crippen LogP contribution in [0, 0.1) is 0 Å². The fraction of sp³-hybridized carbons (Fsp3) is 0.281. The second-order valence-corrected chi connectivity index (χ2v) is 10.2. The predicted molar refractivity (Wildman–Crippen MR) is 156 cm³/mol. The van der Waals surface area contributed by atoms with Gasteiger partial charge in [-0.1, -0.05) is 74.7 Å². The van der Waals surface area contributed by atoms with Crippen molar-refractivity contribution in [2.75, 3.05) is 5.73 Å². The quantitative estimate of drug-likeness (QED) is 0.228. The number of hydrogen-bond donors (Lipinski definition) is 3. The maximum atomic E-state index is 13.2. The highest BCUT2D eigenvalue weighted by Gasteiger charge is 2.20. The highest BCUT2D eigenvalue weighted by molar-refractivity contribution is 6.01. The zero-order valence-electron chi connectivity index (χ0n) is 22.2. The number of hydrogen-bond acceptors (Lipinski definition) is 4. The van der Waals surface area contributed by atoms with Crippen LogP contribution < -0.4 is 11.1 Å². The number of fused-ring (bicyclic) bond motifs is 1. The van der Waals surface area contributed by atoms with E-state index in [0.717, 1.165) is 54.6 Å². The summed E-state index contributed by atoms with van der Waals surface area (Å²) in [6.07, 6.45) is 10.5. The Morgan fingerprint density at radius 1 is 1.08 bits per heavy atom. The summed E-state index contributed by atoms with van der Waals surface area (Å²) in [7, 11) is 0. The first-order valence-electron chi connectivity index (χ1n) is 13.6. The third kappa shape index (κ3) is 5.72. The van der Waals surface area contributed by atoms with Crippen molar-refractivity contribution >= 4 is 34.7 Å². The Morgan fingerprint density at radius 2 is 1.82 bits per heavy atom. The number of rotatable bonds is 8. The maximum Gasteiger partial charge on any atom is 0.336 e. The number of allylic oxidation sites excluding steroid dienone is 1. The lowest BCUT2D eigenvalue weighted by molar-refractivity contribution is 0.0697. The van der Waals surface area contributed by atoms with Gasteiger partial charge in [-0.05, 0) is 60.2 Å². The molecule has 0 spiro atoms. The lowest BCUT2D eigenvalue weighted by Gasteiger charge is -2.22. The summed E-state index contributed by atoms with van der Waals surface area (Å²) >= 11 is 0. The molecule has 4 N–H and O–H groups in total. The molecule has 4 aromatic rings.